The van der Waals surface area contributed by atoms with E-state index in [0.717, 1.165) is 6.42 Å². The lowest BCUT2D eigenvalue weighted by atomic mass is 10.0. The van der Waals surface area contributed by atoms with Gasteiger partial charge >= 0.3 is 0 Å². The molecular weight excluding hydrogens is 236 g/mol. The number of carbonyl (C=O) groups is 1. The quantitative estimate of drug-likeness (QED) is 0.793. The molecule has 1 aromatic carbocycles. The van der Waals surface area contributed by atoms with E-state index in [-0.39, 0.29) is 18.0 Å². The fourth-order valence-corrected chi connectivity index (χ4v) is 2.00. The Bertz CT molecular complexity index is 384. The van der Waals surface area contributed by atoms with Crippen molar-refractivity contribution in [3.63, 3.8) is 0 Å². The van der Waals surface area contributed by atoms with E-state index in [1.165, 1.54) is 17.5 Å². The lowest BCUT2D eigenvalue weighted by Crippen LogP contribution is -2.38. The van der Waals surface area contributed by atoms with Gasteiger partial charge < -0.3 is 10.6 Å². The third kappa shape index (κ3) is 5.88. The average molecular weight is 262 g/mol. The number of nitrogens with one attached hydrogen (secondary N) is 2. The van der Waals surface area contributed by atoms with Crippen molar-refractivity contribution in [3.8, 4) is 0 Å². The van der Waals surface area contributed by atoms with Crippen molar-refractivity contribution in [1.82, 2.24) is 10.6 Å². The molecule has 1 aromatic rings. The second-order valence-corrected chi connectivity index (χ2v) is 5.32. The summed E-state index contributed by atoms with van der Waals surface area (Å²) in [6.07, 6.45) is 2.29. The van der Waals surface area contributed by atoms with E-state index in [1.54, 1.807) is 0 Å². The predicted molar refractivity (Wildman–Crippen MR) is 80.1 cm³/mol. The highest BCUT2D eigenvalue weighted by Gasteiger charge is 2.08. The molecule has 0 aliphatic carbocycles. The minimum atomic E-state index is 0.0458. The summed E-state index contributed by atoms with van der Waals surface area (Å²) >= 11 is 0. The first-order valence-electron chi connectivity index (χ1n) is 7.14. The number of rotatable bonds is 7. The number of amides is 1. The first-order chi connectivity index (χ1) is 9.02. The van der Waals surface area contributed by atoms with E-state index in [1.807, 2.05) is 13.8 Å². The van der Waals surface area contributed by atoms with Crippen LogP contribution in [-0.4, -0.2) is 18.5 Å². The summed E-state index contributed by atoms with van der Waals surface area (Å²) in [6, 6.07) is 9.01. The van der Waals surface area contributed by atoms with Crippen molar-refractivity contribution >= 4 is 5.91 Å². The number of aryl methyl sites for hydroxylation is 1. The lowest BCUT2D eigenvalue weighted by molar-refractivity contribution is -0.120. The van der Waals surface area contributed by atoms with Gasteiger partial charge in [-0.3, -0.25) is 4.79 Å². The summed E-state index contributed by atoms with van der Waals surface area (Å²) in [4.78, 5) is 11.6. The molecular formula is C16H26N2O. The van der Waals surface area contributed by atoms with Gasteiger partial charge in [-0.15, -0.1) is 0 Å². The minimum absolute atomic E-state index is 0.0458. The maximum absolute atomic E-state index is 11.6. The minimum Gasteiger partial charge on any atom is -0.353 e. The summed E-state index contributed by atoms with van der Waals surface area (Å²) < 4.78 is 0. The highest BCUT2D eigenvalue weighted by atomic mass is 16.1. The Morgan fingerprint density at radius 1 is 1.16 bits per heavy atom. The number of hydrogen-bond donors (Lipinski definition) is 2. The molecule has 1 amide bonds. The molecule has 0 saturated carbocycles. The highest BCUT2D eigenvalue weighted by molar-refractivity contribution is 5.78. The number of benzene rings is 1. The first-order valence-corrected chi connectivity index (χ1v) is 7.14. The normalized spacial score (nSPS) is 12.5. The molecule has 1 rings (SSSR count). The molecule has 0 spiro atoms. The SMILES string of the molecule is CCCc1ccc(C(C)NCC(=O)NC(C)C)cc1. The summed E-state index contributed by atoms with van der Waals surface area (Å²) in [5.41, 5.74) is 2.59. The van der Waals surface area contributed by atoms with Gasteiger partial charge in [-0.1, -0.05) is 37.6 Å². The van der Waals surface area contributed by atoms with Gasteiger partial charge in [0.2, 0.25) is 5.91 Å². The van der Waals surface area contributed by atoms with Gasteiger partial charge in [0, 0.05) is 12.1 Å². The zero-order valence-corrected chi connectivity index (χ0v) is 12.5. The molecule has 0 heterocycles. The Balaban J connectivity index is 2.44. The fraction of sp³-hybridized carbons (Fsp3) is 0.562. The average Bonchev–Trinajstić information content (AvgIpc) is 2.36. The third-order valence-corrected chi connectivity index (χ3v) is 3.04. The fourth-order valence-electron chi connectivity index (χ4n) is 2.00. The monoisotopic (exact) mass is 262 g/mol. The van der Waals surface area contributed by atoms with Crippen LogP contribution in [0.5, 0.6) is 0 Å². The molecule has 0 fully saturated rings. The molecule has 106 valence electrons. The Morgan fingerprint density at radius 2 is 1.79 bits per heavy atom. The second-order valence-electron chi connectivity index (χ2n) is 5.32. The maximum atomic E-state index is 11.6. The van der Waals surface area contributed by atoms with Crippen LogP contribution in [0.25, 0.3) is 0 Å². The molecule has 0 bridgehead atoms. The van der Waals surface area contributed by atoms with Crippen molar-refractivity contribution < 1.29 is 4.79 Å². The van der Waals surface area contributed by atoms with Gasteiger partial charge in [-0.05, 0) is 38.3 Å². The van der Waals surface area contributed by atoms with E-state index in [4.69, 9.17) is 0 Å². The maximum Gasteiger partial charge on any atom is 0.234 e. The molecule has 1 atom stereocenters. The van der Waals surface area contributed by atoms with Crippen LogP contribution < -0.4 is 10.6 Å². The van der Waals surface area contributed by atoms with Gasteiger partial charge in [-0.2, -0.15) is 0 Å². The Morgan fingerprint density at radius 3 is 2.32 bits per heavy atom. The molecule has 0 aliphatic rings. The molecule has 3 nitrogen and oxygen atoms in total. The molecule has 2 N–H and O–H groups in total. The van der Waals surface area contributed by atoms with Crippen LogP contribution in [0, 0.1) is 0 Å². The molecule has 0 saturated heterocycles. The van der Waals surface area contributed by atoms with Gasteiger partial charge in [0.05, 0.1) is 6.54 Å². The molecule has 19 heavy (non-hydrogen) atoms. The smallest absolute Gasteiger partial charge is 0.234 e. The van der Waals surface area contributed by atoms with Crippen molar-refractivity contribution in [2.24, 2.45) is 0 Å². The van der Waals surface area contributed by atoms with Crippen LogP contribution in [0.15, 0.2) is 24.3 Å². The van der Waals surface area contributed by atoms with E-state index in [0.29, 0.717) is 6.54 Å². The highest BCUT2D eigenvalue weighted by Crippen LogP contribution is 2.13. The van der Waals surface area contributed by atoms with Crippen LogP contribution in [-0.2, 0) is 11.2 Å². The van der Waals surface area contributed by atoms with Crippen molar-refractivity contribution in [3.05, 3.63) is 35.4 Å². The summed E-state index contributed by atoms with van der Waals surface area (Å²) in [6.45, 7) is 8.56. The van der Waals surface area contributed by atoms with Gasteiger partial charge in [-0.25, -0.2) is 0 Å². The third-order valence-electron chi connectivity index (χ3n) is 3.04. The molecule has 3 heteroatoms. The molecule has 1 unspecified atom stereocenters. The van der Waals surface area contributed by atoms with E-state index in [2.05, 4.69) is 48.7 Å². The van der Waals surface area contributed by atoms with Crippen molar-refractivity contribution in [2.45, 2.75) is 52.6 Å². The first kappa shape index (κ1) is 15.7. The van der Waals surface area contributed by atoms with Gasteiger partial charge in [0.25, 0.3) is 0 Å². The van der Waals surface area contributed by atoms with Gasteiger partial charge in [0.15, 0.2) is 0 Å². The topological polar surface area (TPSA) is 41.1 Å². The summed E-state index contributed by atoms with van der Waals surface area (Å²) in [7, 11) is 0. The molecule has 0 aliphatic heterocycles. The largest absolute Gasteiger partial charge is 0.353 e. The van der Waals surface area contributed by atoms with E-state index in [9.17, 15) is 4.79 Å². The van der Waals surface area contributed by atoms with E-state index >= 15 is 0 Å². The van der Waals surface area contributed by atoms with Crippen LogP contribution in [0.2, 0.25) is 0 Å². The Hall–Kier alpha value is -1.35. The summed E-state index contributed by atoms with van der Waals surface area (Å²) in [5, 5.41) is 6.12. The van der Waals surface area contributed by atoms with E-state index < -0.39 is 0 Å². The number of hydrogen-bond acceptors (Lipinski definition) is 2. The Labute approximate surface area is 116 Å². The predicted octanol–water partition coefficient (Wildman–Crippen LogP) is 2.81. The van der Waals surface area contributed by atoms with Gasteiger partial charge in [0.1, 0.15) is 0 Å². The lowest BCUT2D eigenvalue weighted by Gasteiger charge is -2.15. The van der Waals surface area contributed by atoms with Crippen LogP contribution in [0.3, 0.4) is 0 Å². The van der Waals surface area contributed by atoms with Crippen molar-refractivity contribution in [2.75, 3.05) is 6.54 Å². The molecule has 0 radical (unpaired) electrons. The zero-order chi connectivity index (χ0) is 14.3. The Kier molecular flexibility index (Phi) is 6.57. The van der Waals surface area contributed by atoms with Crippen LogP contribution in [0.4, 0.5) is 0 Å². The van der Waals surface area contributed by atoms with Crippen molar-refractivity contribution in [1.29, 1.82) is 0 Å². The second kappa shape index (κ2) is 7.95. The van der Waals surface area contributed by atoms with Crippen LogP contribution >= 0.6 is 0 Å². The summed E-state index contributed by atoms with van der Waals surface area (Å²) in [5.74, 6) is 0.0458. The number of carbonyl (C=O) groups excluding carboxylic acids is 1. The molecule has 0 aromatic heterocycles. The standard InChI is InChI=1S/C16H26N2O/c1-5-6-14-7-9-15(10-8-14)13(4)17-11-16(19)18-12(2)3/h7-10,12-13,17H,5-6,11H2,1-4H3,(H,18,19). The zero-order valence-electron chi connectivity index (χ0n) is 12.5. The van der Waals surface area contributed by atoms with Crippen LogP contribution in [0.1, 0.15) is 51.3 Å².